The van der Waals surface area contributed by atoms with Crippen LogP contribution in [-0.2, 0) is 4.79 Å². The topological polar surface area (TPSA) is 46.3 Å². The van der Waals surface area contributed by atoms with Crippen LogP contribution in [0.4, 0.5) is 0 Å². The molecule has 0 spiro atoms. The summed E-state index contributed by atoms with van der Waals surface area (Å²) in [5.74, 6) is 1.11. The second-order valence-corrected chi connectivity index (χ2v) is 6.56. The van der Waals surface area contributed by atoms with E-state index in [1.807, 2.05) is 0 Å². The molecular weight excluding hydrogens is 212 g/mol. The summed E-state index contributed by atoms with van der Waals surface area (Å²) in [6.45, 7) is 7.50. The zero-order valence-corrected chi connectivity index (χ0v) is 11.4. The molecule has 17 heavy (non-hydrogen) atoms. The first-order chi connectivity index (χ1) is 7.92. The summed E-state index contributed by atoms with van der Waals surface area (Å²) >= 11 is 0. The Balaban J connectivity index is 2.01. The van der Waals surface area contributed by atoms with Crippen molar-refractivity contribution < 1.29 is 4.79 Å². The molecule has 2 fully saturated rings. The highest BCUT2D eigenvalue weighted by Gasteiger charge is 2.40. The van der Waals surface area contributed by atoms with Gasteiger partial charge in [-0.2, -0.15) is 0 Å². The Hall–Kier alpha value is -0.570. The molecule has 2 N–H and O–H groups in total. The minimum absolute atomic E-state index is 0.0598. The average Bonchev–Trinajstić information content (AvgIpc) is 2.61. The van der Waals surface area contributed by atoms with Crippen molar-refractivity contribution in [2.24, 2.45) is 17.6 Å². The number of rotatable bonds is 1. The lowest BCUT2D eigenvalue weighted by molar-refractivity contribution is -0.140. The fourth-order valence-corrected chi connectivity index (χ4v) is 3.32. The van der Waals surface area contributed by atoms with Gasteiger partial charge in [0.2, 0.25) is 5.91 Å². The van der Waals surface area contributed by atoms with Gasteiger partial charge in [-0.3, -0.25) is 4.79 Å². The maximum atomic E-state index is 12.5. The summed E-state index contributed by atoms with van der Waals surface area (Å²) in [6.07, 6.45) is 5.29. The van der Waals surface area contributed by atoms with Crippen molar-refractivity contribution in [1.29, 1.82) is 0 Å². The molecule has 1 aliphatic heterocycles. The molecule has 98 valence electrons. The van der Waals surface area contributed by atoms with Gasteiger partial charge in [-0.05, 0) is 51.9 Å². The molecule has 3 heteroatoms. The number of nitrogens with two attached hydrogens (primary N) is 1. The summed E-state index contributed by atoms with van der Waals surface area (Å²) in [5, 5.41) is 0. The summed E-state index contributed by atoms with van der Waals surface area (Å²) < 4.78 is 0. The van der Waals surface area contributed by atoms with E-state index in [9.17, 15) is 4.79 Å². The molecule has 3 atom stereocenters. The lowest BCUT2D eigenvalue weighted by Gasteiger charge is -2.38. The summed E-state index contributed by atoms with van der Waals surface area (Å²) in [7, 11) is 0. The summed E-state index contributed by atoms with van der Waals surface area (Å²) in [4.78, 5) is 14.6. The molecule has 1 saturated carbocycles. The van der Waals surface area contributed by atoms with E-state index in [0.29, 0.717) is 11.8 Å². The van der Waals surface area contributed by atoms with Crippen LogP contribution in [0.1, 0.15) is 52.9 Å². The third-order valence-corrected chi connectivity index (χ3v) is 4.77. The molecule has 1 aliphatic carbocycles. The fourth-order valence-electron chi connectivity index (χ4n) is 3.32. The Morgan fingerprint density at radius 2 is 2.06 bits per heavy atom. The van der Waals surface area contributed by atoms with Crippen LogP contribution in [0.25, 0.3) is 0 Å². The standard InChI is InChI=1S/C14H26N2O/c1-10-5-6-11(9-12(10)15)13(17)16-8-4-7-14(16,2)3/h10-12H,4-9,15H2,1-3H3. The van der Waals surface area contributed by atoms with Crippen LogP contribution in [0.15, 0.2) is 0 Å². The van der Waals surface area contributed by atoms with Crippen LogP contribution in [0.5, 0.6) is 0 Å². The van der Waals surface area contributed by atoms with Crippen molar-refractivity contribution in [1.82, 2.24) is 4.90 Å². The molecule has 0 aromatic heterocycles. The SMILES string of the molecule is CC1CCC(C(=O)N2CCCC2(C)C)CC1N. The van der Waals surface area contributed by atoms with Gasteiger partial charge in [0.15, 0.2) is 0 Å². The van der Waals surface area contributed by atoms with E-state index in [0.717, 1.165) is 38.6 Å². The average molecular weight is 238 g/mol. The number of hydrogen-bond donors (Lipinski definition) is 1. The third kappa shape index (κ3) is 2.49. The number of likely N-dealkylation sites (tertiary alicyclic amines) is 1. The lowest BCUT2D eigenvalue weighted by atomic mass is 9.78. The molecule has 0 aromatic rings. The first-order valence-corrected chi connectivity index (χ1v) is 6.99. The van der Waals surface area contributed by atoms with Crippen molar-refractivity contribution >= 4 is 5.91 Å². The van der Waals surface area contributed by atoms with E-state index in [2.05, 4.69) is 25.7 Å². The van der Waals surface area contributed by atoms with E-state index in [4.69, 9.17) is 5.73 Å². The van der Waals surface area contributed by atoms with Gasteiger partial charge in [-0.15, -0.1) is 0 Å². The predicted octanol–water partition coefficient (Wildman–Crippen LogP) is 2.15. The molecule has 2 rings (SSSR count). The first-order valence-electron chi connectivity index (χ1n) is 6.99. The number of amides is 1. The minimum atomic E-state index is 0.0598. The highest BCUT2D eigenvalue weighted by Crippen LogP contribution is 2.34. The van der Waals surface area contributed by atoms with Gasteiger partial charge in [0.25, 0.3) is 0 Å². The Morgan fingerprint density at radius 1 is 1.35 bits per heavy atom. The number of nitrogens with zero attached hydrogens (tertiary/aromatic N) is 1. The Bertz CT molecular complexity index is 301. The predicted molar refractivity (Wildman–Crippen MR) is 69.5 cm³/mol. The van der Waals surface area contributed by atoms with Gasteiger partial charge in [0, 0.05) is 24.0 Å². The van der Waals surface area contributed by atoms with Gasteiger partial charge >= 0.3 is 0 Å². The van der Waals surface area contributed by atoms with Crippen LogP contribution in [0, 0.1) is 11.8 Å². The van der Waals surface area contributed by atoms with Crippen molar-refractivity contribution in [2.45, 2.75) is 64.5 Å². The minimum Gasteiger partial charge on any atom is -0.337 e. The molecule has 0 bridgehead atoms. The number of hydrogen-bond acceptors (Lipinski definition) is 2. The van der Waals surface area contributed by atoms with Crippen molar-refractivity contribution in [2.75, 3.05) is 6.54 Å². The highest BCUT2D eigenvalue weighted by molar-refractivity contribution is 5.80. The van der Waals surface area contributed by atoms with E-state index >= 15 is 0 Å². The van der Waals surface area contributed by atoms with Crippen LogP contribution in [0.3, 0.4) is 0 Å². The smallest absolute Gasteiger partial charge is 0.226 e. The maximum absolute atomic E-state index is 12.5. The fraction of sp³-hybridized carbons (Fsp3) is 0.929. The van der Waals surface area contributed by atoms with Gasteiger partial charge in [0.05, 0.1) is 0 Å². The molecule has 1 amide bonds. The number of carbonyl (C=O) groups is 1. The van der Waals surface area contributed by atoms with Crippen LogP contribution in [0.2, 0.25) is 0 Å². The van der Waals surface area contributed by atoms with Gasteiger partial charge in [-0.25, -0.2) is 0 Å². The molecule has 0 radical (unpaired) electrons. The third-order valence-electron chi connectivity index (χ3n) is 4.77. The maximum Gasteiger partial charge on any atom is 0.226 e. The second-order valence-electron chi connectivity index (χ2n) is 6.56. The zero-order valence-electron chi connectivity index (χ0n) is 11.4. The van der Waals surface area contributed by atoms with Crippen molar-refractivity contribution in [3.63, 3.8) is 0 Å². The molecule has 2 aliphatic rings. The van der Waals surface area contributed by atoms with Gasteiger partial charge in [0.1, 0.15) is 0 Å². The Labute approximate surface area is 105 Å². The van der Waals surface area contributed by atoms with E-state index in [-0.39, 0.29) is 17.5 Å². The molecule has 3 unspecified atom stereocenters. The van der Waals surface area contributed by atoms with Crippen molar-refractivity contribution in [3.05, 3.63) is 0 Å². The Kier molecular flexibility index (Phi) is 3.48. The largest absolute Gasteiger partial charge is 0.337 e. The van der Waals surface area contributed by atoms with Crippen molar-refractivity contribution in [3.8, 4) is 0 Å². The monoisotopic (exact) mass is 238 g/mol. The summed E-state index contributed by atoms with van der Waals surface area (Å²) in [5.41, 5.74) is 6.16. The second kappa shape index (κ2) is 4.60. The summed E-state index contributed by atoms with van der Waals surface area (Å²) in [6, 6.07) is 0.211. The van der Waals surface area contributed by atoms with Crippen LogP contribution >= 0.6 is 0 Å². The van der Waals surface area contributed by atoms with E-state index < -0.39 is 0 Å². The van der Waals surface area contributed by atoms with Gasteiger partial charge < -0.3 is 10.6 Å². The van der Waals surface area contributed by atoms with E-state index in [1.54, 1.807) is 0 Å². The number of carbonyl (C=O) groups excluding carboxylic acids is 1. The highest BCUT2D eigenvalue weighted by atomic mass is 16.2. The molecular formula is C14H26N2O. The van der Waals surface area contributed by atoms with Crippen LogP contribution < -0.4 is 5.73 Å². The first kappa shape index (κ1) is 12.9. The Morgan fingerprint density at radius 3 is 2.59 bits per heavy atom. The molecule has 0 aromatic carbocycles. The molecule has 3 nitrogen and oxygen atoms in total. The van der Waals surface area contributed by atoms with Crippen LogP contribution in [-0.4, -0.2) is 28.9 Å². The normalized spacial score (nSPS) is 37.2. The van der Waals surface area contributed by atoms with E-state index in [1.165, 1.54) is 0 Å². The quantitative estimate of drug-likeness (QED) is 0.761. The lowest BCUT2D eigenvalue weighted by Crippen LogP contribution is -2.48. The zero-order chi connectivity index (χ0) is 12.6. The van der Waals surface area contributed by atoms with Gasteiger partial charge in [-0.1, -0.05) is 6.92 Å². The molecule has 1 saturated heterocycles. The molecule has 1 heterocycles.